The summed E-state index contributed by atoms with van der Waals surface area (Å²) in [6.07, 6.45) is 0.604. The second kappa shape index (κ2) is 9.09. The molecule has 0 radical (unpaired) electrons. The lowest BCUT2D eigenvalue weighted by atomic mass is 9.89. The molecule has 172 valence electrons. The first-order valence-electron chi connectivity index (χ1n) is 11.3. The molecule has 5 rings (SSSR count). The Hall–Kier alpha value is -4.00. The fourth-order valence-electron chi connectivity index (χ4n) is 4.61. The van der Waals surface area contributed by atoms with Crippen molar-refractivity contribution in [3.05, 3.63) is 95.8 Å². The van der Waals surface area contributed by atoms with E-state index in [2.05, 4.69) is 0 Å². The number of para-hydroxylation sites is 2. The molecule has 6 nitrogen and oxygen atoms in total. The van der Waals surface area contributed by atoms with Crippen LogP contribution in [0.15, 0.2) is 78.9 Å². The van der Waals surface area contributed by atoms with Crippen LogP contribution in [0.25, 0.3) is 11.0 Å². The normalized spacial score (nSPS) is 17.6. The number of carbonyl (C=O) groups is 2. The van der Waals surface area contributed by atoms with Gasteiger partial charge in [-0.2, -0.15) is 0 Å². The minimum Gasteiger partial charge on any atom is -0.465 e. The van der Waals surface area contributed by atoms with Crippen molar-refractivity contribution in [2.24, 2.45) is 5.92 Å². The minimum absolute atomic E-state index is 0.153. The van der Waals surface area contributed by atoms with E-state index in [1.54, 1.807) is 24.0 Å². The van der Waals surface area contributed by atoms with Gasteiger partial charge in [-0.05, 0) is 48.7 Å². The van der Waals surface area contributed by atoms with Gasteiger partial charge in [-0.1, -0.05) is 54.6 Å². The fraction of sp³-hybridized carbons (Fsp3) is 0.222. The van der Waals surface area contributed by atoms with Crippen molar-refractivity contribution < 1.29 is 18.7 Å². The fourth-order valence-corrected chi connectivity index (χ4v) is 4.61. The van der Waals surface area contributed by atoms with Gasteiger partial charge in [0, 0.05) is 6.54 Å². The van der Waals surface area contributed by atoms with Gasteiger partial charge in [0.1, 0.15) is 5.82 Å². The van der Waals surface area contributed by atoms with Gasteiger partial charge < -0.3 is 9.30 Å². The molecule has 3 aromatic carbocycles. The summed E-state index contributed by atoms with van der Waals surface area (Å²) in [5.74, 6) is -2.01. The summed E-state index contributed by atoms with van der Waals surface area (Å²) in [5, 5.41) is 0. The number of hydrogen-bond acceptors (Lipinski definition) is 4. The number of imidazole rings is 1. The second-order valence-electron chi connectivity index (χ2n) is 8.22. The lowest BCUT2D eigenvalue weighted by Crippen LogP contribution is -2.50. The smallest absolute Gasteiger partial charge is 0.321 e. The Labute approximate surface area is 196 Å². The van der Waals surface area contributed by atoms with Crippen LogP contribution >= 0.6 is 0 Å². The van der Waals surface area contributed by atoms with Crippen molar-refractivity contribution in [1.29, 1.82) is 0 Å². The number of hydrogen-bond donors (Lipinski definition) is 0. The zero-order valence-electron chi connectivity index (χ0n) is 18.7. The summed E-state index contributed by atoms with van der Waals surface area (Å²) in [4.78, 5) is 33.4. The third-order valence-corrected chi connectivity index (χ3v) is 6.16. The van der Waals surface area contributed by atoms with Crippen molar-refractivity contribution in [2.45, 2.75) is 19.4 Å². The number of benzene rings is 3. The summed E-state index contributed by atoms with van der Waals surface area (Å²) < 4.78 is 21.0. The summed E-state index contributed by atoms with van der Waals surface area (Å²) in [6.45, 7) is 2.22. The Morgan fingerprint density at radius 2 is 1.71 bits per heavy atom. The summed E-state index contributed by atoms with van der Waals surface area (Å²) in [6, 6.07) is 22.6. The van der Waals surface area contributed by atoms with Crippen LogP contribution in [0.4, 0.5) is 10.3 Å². The highest BCUT2D eigenvalue weighted by atomic mass is 19.1. The Balaban J connectivity index is 1.68. The van der Waals surface area contributed by atoms with Crippen LogP contribution in [0.3, 0.4) is 0 Å². The van der Waals surface area contributed by atoms with Gasteiger partial charge in [0.15, 0.2) is 5.92 Å². The van der Waals surface area contributed by atoms with E-state index < -0.39 is 23.7 Å². The molecule has 2 atom stereocenters. The molecule has 0 fully saturated rings. The molecular formula is C27H24FN3O3. The first-order valence-corrected chi connectivity index (χ1v) is 11.3. The lowest BCUT2D eigenvalue weighted by molar-refractivity contribution is -0.153. The summed E-state index contributed by atoms with van der Waals surface area (Å²) >= 11 is 0. The predicted octanol–water partition coefficient (Wildman–Crippen LogP) is 4.53. The maximum absolute atomic E-state index is 13.9. The van der Waals surface area contributed by atoms with E-state index in [0.717, 1.165) is 11.1 Å². The molecule has 34 heavy (non-hydrogen) atoms. The minimum atomic E-state index is -1.12. The quantitative estimate of drug-likeness (QED) is 0.315. The summed E-state index contributed by atoms with van der Waals surface area (Å²) in [5.41, 5.74) is 3.22. The molecule has 1 amide bonds. The third kappa shape index (κ3) is 3.83. The molecule has 0 bridgehead atoms. The molecule has 0 saturated heterocycles. The van der Waals surface area contributed by atoms with Gasteiger partial charge in [0.25, 0.3) is 0 Å². The van der Waals surface area contributed by atoms with E-state index in [1.807, 2.05) is 59.2 Å². The van der Waals surface area contributed by atoms with Gasteiger partial charge in [-0.15, -0.1) is 0 Å². The monoisotopic (exact) mass is 457 g/mol. The molecule has 1 aliphatic rings. The Morgan fingerprint density at radius 1 is 1.00 bits per heavy atom. The second-order valence-corrected chi connectivity index (χ2v) is 8.22. The summed E-state index contributed by atoms with van der Waals surface area (Å²) in [7, 11) is 0. The van der Waals surface area contributed by atoms with Gasteiger partial charge >= 0.3 is 5.97 Å². The van der Waals surface area contributed by atoms with E-state index in [9.17, 15) is 14.0 Å². The van der Waals surface area contributed by atoms with Crippen molar-refractivity contribution in [2.75, 3.05) is 18.1 Å². The number of carbonyl (C=O) groups excluding carboxylic acids is 2. The lowest BCUT2D eigenvalue weighted by Gasteiger charge is -2.38. The molecule has 0 saturated carbocycles. The SMILES string of the molecule is CCOC(=O)[C@H]1C(=O)N(CCc2ccccc2)c2nc3ccccc3n2[C@@H]1c1ccc(F)cc1. The topological polar surface area (TPSA) is 64.4 Å². The van der Waals surface area contributed by atoms with Crippen LogP contribution in [0.5, 0.6) is 0 Å². The molecule has 1 aliphatic heterocycles. The number of amides is 1. The van der Waals surface area contributed by atoms with Crippen LogP contribution in [-0.4, -0.2) is 34.6 Å². The molecule has 4 aromatic rings. The largest absolute Gasteiger partial charge is 0.465 e. The van der Waals surface area contributed by atoms with E-state index in [4.69, 9.17) is 9.72 Å². The molecule has 2 heterocycles. The number of fused-ring (bicyclic) bond motifs is 3. The Kier molecular flexibility index (Phi) is 5.84. The molecule has 0 N–H and O–H groups in total. The van der Waals surface area contributed by atoms with Gasteiger partial charge in [-0.3, -0.25) is 14.5 Å². The van der Waals surface area contributed by atoms with E-state index in [-0.39, 0.29) is 12.5 Å². The van der Waals surface area contributed by atoms with E-state index >= 15 is 0 Å². The average Bonchev–Trinajstić information content (AvgIpc) is 3.23. The van der Waals surface area contributed by atoms with Gasteiger partial charge in [0.2, 0.25) is 11.9 Å². The molecule has 0 aliphatic carbocycles. The van der Waals surface area contributed by atoms with E-state index in [0.29, 0.717) is 30.0 Å². The molecule has 7 heteroatoms. The van der Waals surface area contributed by atoms with E-state index in [1.165, 1.54) is 12.1 Å². The molecular weight excluding hydrogens is 433 g/mol. The number of halogens is 1. The molecule has 0 spiro atoms. The number of anilines is 1. The number of esters is 1. The van der Waals surface area contributed by atoms with Crippen molar-refractivity contribution in [1.82, 2.24) is 9.55 Å². The van der Waals surface area contributed by atoms with Crippen LogP contribution in [-0.2, 0) is 20.7 Å². The first-order chi connectivity index (χ1) is 16.6. The van der Waals surface area contributed by atoms with Crippen LogP contribution < -0.4 is 4.90 Å². The van der Waals surface area contributed by atoms with Crippen molar-refractivity contribution in [3.8, 4) is 0 Å². The zero-order valence-corrected chi connectivity index (χ0v) is 18.7. The van der Waals surface area contributed by atoms with Crippen molar-refractivity contribution in [3.63, 3.8) is 0 Å². The Morgan fingerprint density at radius 3 is 2.44 bits per heavy atom. The number of rotatable bonds is 6. The maximum atomic E-state index is 13.9. The molecule has 1 aromatic heterocycles. The number of ether oxygens (including phenoxy) is 1. The number of nitrogens with zero attached hydrogens (tertiary/aromatic N) is 3. The standard InChI is InChI=1S/C27H24FN3O3/c1-2-34-26(33)23-24(19-12-14-20(28)15-13-19)31-22-11-7-6-10-21(22)29-27(31)30(25(23)32)17-16-18-8-4-3-5-9-18/h3-15,23-24H,2,16-17H2,1H3/t23-,24-/m1/s1. The van der Waals surface area contributed by atoms with Crippen LogP contribution in [0.1, 0.15) is 24.1 Å². The van der Waals surface area contributed by atoms with Gasteiger partial charge in [-0.25, -0.2) is 9.37 Å². The first kappa shape index (κ1) is 21.8. The highest BCUT2D eigenvalue weighted by Gasteiger charge is 2.47. The Bertz CT molecular complexity index is 1330. The highest BCUT2D eigenvalue weighted by Crippen LogP contribution is 2.41. The van der Waals surface area contributed by atoms with Crippen LogP contribution in [0.2, 0.25) is 0 Å². The number of aromatic nitrogens is 2. The molecule has 0 unspecified atom stereocenters. The average molecular weight is 458 g/mol. The third-order valence-electron chi connectivity index (χ3n) is 6.16. The van der Waals surface area contributed by atoms with Gasteiger partial charge in [0.05, 0.1) is 23.7 Å². The van der Waals surface area contributed by atoms with Crippen molar-refractivity contribution >= 4 is 28.9 Å². The predicted molar refractivity (Wildman–Crippen MR) is 127 cm³/mol. The van der Waals surface area contributed by atoms with Crippen LogP contribution in [0, 0.1) is 11.7 Å². The maximum Gasteiger partial charge on any atom is 0.321 e. The highest BCUT2D eigenvalue weighted by molar-refractivity contribution is 6.08. The zero-order chi connectivity index (χ0) is 23.7.